The number of hydrogen-bond acceptors (Lipinski definition) is 2. The first-order chi connectivity index (χ1) is 5.63. The number of nitrogens with one attached hydrogen (secondary N) is 1. The number of nitrogens with zero attached hydrogens (tertiary/aromatic N) is 2. The minimum absolute atomic E-state index is 0.185. The molecule has 1 aromatic rings. The number of rotatable bonds is 3. The van der Waals surface area contributed by atoms with E-state index in [-0.39, 0.29) is 5.84 Å². The van der Waals surface area contributed by atoms with Gasteiger partial charge in [-0.15, -0.1) is 0 Å². The summed E-state index contributed by atoms with van der Waals surface area (Å²) in [5.41, 5.74) is 7.30. The first kappa shape index (κ1) is 8.77. The first-order valence-electron chi connectivity index (χ1n) is 3.99. The normalized spacial score (nSPS) is 10.2. The summed E-state index contributed by atoms with van der Waals surface area (Å²) in [4.78, 5) is 0. The van der Waals surface area contributed by atoms with Gasteiger partial charge in [0, 0.05) is 18.7 Å². The van der Waals surface area contributed by atoms with E-state index < -0.39 is 0 Å². The Hall–Kier alpha value is -1.32. The van der Waals surface area contributed by atoms with E-state index in [0.717, 1.165) is 17.9 Å². The largest absolute Gasteiger partial charge is 0.387 e. The van der Waals surface area contributed by atoms with Gasteiger partial charge in [0.05, 0.1) is 11.5 Å². The van der Waals surface area contributed by atoms with Crippen LogP contribution in [0.5, 0.6) is 0 Å². The molecule has 0 bridgehead atoms. The van der Waals surface area contributed by atoms with Crippen LogP contribution in [0, 0.1) is 12.3 Å². The number of amidine groups is 1. The highest BCUT2D eigenvalue weighted by Gasteiger charge is 2.04. The van der Waals surface area contributed by atoms with Crippen molar-refractivity contribution in [3.63, 3.8) is 0 Å². The molecule has 0 unspecified atom stereocenters. The van der Waals surface area contributed by atoms with Gasteiger partial charge in [-0.05, 0) is 19.9 Å². The second-order valence-corrected chi connectivity index (χ2v) is 2.79. The van der Waals surface area contributed by atoms with Crippen molar-refractivity contribution in [1.29, 1.82) is 5.41 Å². The lowest BCUT2D eigenvalue weighted by Crippen LogP contribution is -2.15. The summed E-state index contributed by atoms with van der Waals surface area (Å²) >= 11 is 0. The highest BCUT2D eigenvalue weighted by Crippen LogP contribution is 2.03. The molecule has 0 aromatic carbocycles. The zero-order chi connectivity index (χ0) is 9.14. The Labute approximate surface area is 71.9 Å². The van der Waals surface area contributed by atoms with E-state index >= 15 is 0 Å². The van der Waals surface area contributed by atoms with Crippen molar-refractivity contribution in [3.05, 3.63) is 17.5 Å². The Bertz CT molecular complexity index is 287. The van der Waals surface area contributed by atoms with E-state index in [9.17, 15) is 0 Å². The van der Waals surface area contributed by atoms with Crippen LogP contribution in [0.4, 0.5) is 0 Å². The third kappa shape index (κ3) is 1.84. The minimum atomic E-state index is 0.185. The molecule has 0 atom stereocenters. The Morgan fingerprint density at radius 1 is 1.75 bits per heavy atom. The second-order valence-electron chi connectivity index (χ2n) is 2.79. The molecule has 4 nitrogen and oxygen atoms in total. The summed E-state index contributed by atoms with van der Waals surface area (Å²) in [6.07, 6.45) is 0.495. The van der Waals surface area contributed by atoms with Gasteiger partial charge in [0.1, 0.15) is 0 Å². The summed E-state index contributed by atoms with van der Waals surface area (Å²) in [6, 6.07) is 1.96. The predicted octanol–water partition coefficient (Wildman–Crippen LogP) is 0.690. The van der Waals surface area contributed by atoms with Crippen molar-refractivity contribution in [1.82, 2.24) is 9.78 Å². The van der Waals surface area contributed by atoms with Gasteiger partial charge < -0.3 is 5.73 Å². The molecule has 3 N–H and O–H groups in total. The molecule has 0 radical (unpaired) electrons. The summed E-state index contributed by atoms with van der Waals surface area (Å²) in [7, 11) is 0. The van der Waals surface area contributed by atoms with Crippen LogP contribution in [-0.2, 0) is 13.0 Å². The summed E-state index contributed by atoms with van der Waals surface area (Å²) in [5, 5.41) is 11.4. The molecule has 1 heterocycles. The van der Waals surface area contributed by atoms with Crippen LogP contribution in [0.15, 0.2) is 6.07 Å². The fourth-order valence-electron chi connectivity index (χ4n) is 1.21. The zero-order valence-electron chi connectivity index (χ0n) is 7.46. The highest BCUT2D eigenvalue weighted by molar-refractivity contribution is 5.79. The van der Waals surface area contributed by atoms with Gasteiger partial charge in [0.2, 0.25) is 0 Å². The molecule has 0 saturated carbocycles. The van der Waals surface area contributed by atoms with Gasteiger partial charge in [0.15, 0.2) is 0 Å². The van der Waals surface area contributed by atoms with Gasteiger partial charge in [0.25, 0.3) is 0 Å². The molecule has 0 spiro atoms. The van der Waals surface area contributed by atoms with E-state index in [1.165, 1.54) is 0 Å². The maximum atomic E-state index is 7.15. The fourth-order valence-corrected chi connectivity index (χ4v) is 1.21. The first-order valence-corrected chi connectivity index (χ1v) is 3.99. The van der Waals surface area contributed by atoms with Crippen molar-refractivity contribution < 1.29 is 0 Å². The van der Waals surface area contributed by atoms with Crippen LogP contribution in [0.25, 0.3) is 0 Å². The maximum absolute atomic E-state index is 7.15. The van der Waals surface area contributed by atoms with Gasteiger partial charge in [-0.3, -0.25) is 10.1 Å². The quantitative estimate of drug-likeness (QED) is 0.512. The van der Waals surface area contributed by atoms with Crippen LogP contribution < -0.4 is 5.73 Å². The smallest absolute Gasteiger partial charge is 0.0965 e. The molecule has 12 heavy (non-hydrogen) atoms. The number of nitrogens with two attached hydrogens (primary N) is 1. The Kier molecular flexibility index (Phi) is 2.47. The maximum Gasteiger partial charge on any atom is 0.0965 e. The van der Waals surface area contributed by atoms with E-state index in [1.54, 1.807) is 0 Å². The molecule has 0 aliphatic heterocycles. The van der Waals surface area contributed by atoms with Crippen LogP contribution in [0.1, 0.15) is 18.3 Å². The molecule has 0 amide bonds. The number of aromatic nitrogens is 2. The molecule has 0 fully saturated rings. The molecule has 66 valence electrons. The van der Waals surface area contributed by atoms with Gasteiger partial charge in [-0.25, -0.2) is 0 Å². The Morgan fingerprint density at radius 2 is 2.42 bits per heavy atom. The Balaban J connectivity index is 2.89. The topological polar surface area (TPSA) is 67.7 Å². The van der Waals surface area contributed by atoms with Gasteiger partial charge in [-0.1, -0.05) is 0 Å². The number of hydrogen-bond donors (Lipinski definition) is 2. The average molecular weight is 166 g/mol. The van der Waals surface area contributed by atoms with Gasteiger partial charge >= 0.3 is 0 Å². The highest BCUT2D eigenvalue weighted by atomic mass is 15.3. The minimum Gasteiger partial charge on any atom is -0.387 e. The monoisotopic (exact) mass is 166 g/mol. The molecule has 1 aromatic heterocycles. The summed E-state index contributed by atoms with van der Waals surface area (Å²) < 4.78 is 1.87. The molecule has 0 aliphatic rings. The molecular formula is C8H14N4. The SMILES string of the molecule is CCn1nc(C)cc1CC(=N)N. The van der Waals surface area contributed by atoms with E-state index in [1.807, 2.05) is 24.6 Å². The zero-order valence-corrected chi connectivity index (χ0v) is 7.46. The predicted molar refractivity (Wildman–Crippen MR) is 48.3 cm³/mol. The lowest BCUT2D eigenvalue weighted by atomic mass is 10.2. The van der Waals surface area contributed by atoms with Crippen molar-refractivity contribution >= 4 is 5.84 Å². The van der Waals surface area contributed by atoms with E-state index in [0.29, 0.717) is 6.42 Å². The molecule has 4 heteroatoms. The lowest BCUT2D eigenvalue weighted by Gasteiger charge is -2.01. The van der Waals surface area contributed by atoms with Crippen LogP contribution in [0.2, 0.25) is 0 Å². The second kappa shape index (κ2) is 3.38. The number of aryl methyl sites for hydroxylation is 2. The lowest BCUT2D eigenvalue weighted by molar-refractivity contribution is 0.628. The third-order valence-electron chi connectivity index (χ3n) is 1.66. The standard InChI is InChI=1S/C8H14N4/c1-3-12-7(5-8(9)10)4-6(2)11-12/h4H,3,5H2,1-2H3,(H3,9,10). The van der Waals surface area contributed by atoms with Crippen molar-refractivity contribution in [3.8, 4) is 0 Å². The van der Waals surface area contributed by atoms with Gasteiger partial charge in [-0.2, -0.15) is 5.10 Å². The summed E-state index contributed by atoms with van der Waals surface area (Å²) in [5.74, 6) is 0.185. The third-order valence-corrected chi connectivity index (χ3v) is 1.66. The Morgan fingerprint density at radius 3 is 2.92 bits per heavy atom. The molecule has 1 rings (SSSR count). The average Bonchev–Trinajstić information content (AvgIpc) is 2.29. The van der Waals surface area contributed by atoms with Crippen LogP contribution >= 0.6 is 0 Å². The summed E-state index contributed by atoms with van der Waals surface area (Å²) in [6.45, 7) is 4.79. The molecular weight excluding hydrogens is 152 g/mol. The van der Waals surface area contributed by atoms with E-state index in [2.05, 4.69) is 5.10 Å². The van der Waals surface area contributed by atoms with Crippen LogP contribution in [-0.4, -0.2) is 15.6 Å². The molecule has 0 saturated heterocycles. The van der Waals surface area contributed by atoms with Crippen molar-refractivity contribution in [2.24, 2.45) is 5.73 Å². The molecule has 0 aliphatic carbocycles. The van der Waals surface area contributed by atoms with Crippen molar-refractivity contribution in [2.45, 2.75) is 26.8 Å². The van der Waals surface area contributed by atoms with Crippen LogP contribution in [0.3, 0.4) is 0 Å². The van der Waals surface area contributed by atoms with E-state index in [4.69, 9.17) is 11.1 Å². The fraction of sp³-hybridized carbons (Fsp3) is 0.500. The van der Waals surface area contributed by atoms with Crippen molar-refractivity contribution in [2.75, 3.05) is 0 Å².